The summed E-state index contributed by atoms with van der Waals surface area (Å²) in [6.07, 6.45) is 0. The molecule has 0 bridgehead atoms. The van der Waals surface area contributed by atoms with Crippen LogP contribution in [-0.4, -0.2) is 19.6 Å². The zero-order valence-corrected chi connectivity index (χ0v) is 9.70. The molecule has 1 aromatic rings. The Morgan fingerprint density at radius 3 is 2.86 bits per heavy atom. The van der Waals surface area contributed by atoms with E-state index in [0.29, 0.717) is 5.69 Å². The molecule has 0 radical (unpaired) electrons. The van der Waals surface area contributed by atoms with Gasteiger partial charge in [-0.15, -0.1) is 0 Å². The highest BCUT2D eigenvalue weighted by atomic mass is 79.9. The van der Waals surface area contributed by atoms with E-state index in [4.69, 9.17) is 0 Å². The summed E-state index contributed by atoms with van der Waals surface area (Å²) in [5.74, 6) is -0.218. The van der Waals surface area contributed by atoms with Crippen LogP contribution in [0.25, 0.3) is 0 Å². The fraction of sp³-hybridized carbons (Fsp3) is 0.400. The average molecular weight is 261 g/mol. The van der Waals surface area contributed by atoms with Gasteiger partial charge in [-0.2, -0.15) is 0 Å². The van der Waals surface area contributed by atoms with Gasteiger partial charge < -0.3 is 10.6 Å². The smallest absolute Gasteiger partial charge is 0.146 e. The third-order valence-electron chi connectivity index (χ3n) is 1.80. The molecule has 1 rings (SSSR count). The standard InChI is InChI=1S/C10H14BrFN2/c1-2-13-5-6-14-10-7-8(11)3-4-9(10)12/h3-4,7,13-14H,2,5-6H2,1H3. The van der Waals surface area contributed by atoms with E-state index >= 15 is 0 Å². The number of halogens is 2. The van der Waals surface area contributed by atoms with E-state index in [1.165, 1.54) is 6.07 Å². The monoisotopic (exact) mass is 260 g/mol. The van der Waals surface area contributed by atoms with Crippen LogP contribution in [0.4, 0.5) is 10.1 Å². The van der Waals surface area contributed by atoms with Gasteiger partial charge in [0.2, 0.25) is 0 Å². The van der Waals surface area contributed by atoms with Crippen LogP contribution in [0.2, 0.25) is 0 Å². The zero-order valence-electron chi connectivity index (χ0n) is 8.11. The Bertz CT molecular complexity index is 291. The highest BCUT2D eigenvalue weighted by Gasteiger charge is 2.00. The molecule has 0 aliphatic rings. The highest BCUT2D eigenvalue weighted by molar-refractivity contribution is 9.10. The fourth-order valence-corrected chi connectivity index (χ4v) is 1.46. The van der Waals surface area contributed by atoms with Crippen LogP contribution in [-0.2, 0) is 0 Å². The number of hydrogen-bond donors (Lipinski definition) is 2. The van der Waals surface area contributed by atoms with E-state index in [2.05, 4.69) is 26.6 Å². The molecule has 0 aromatic heterocycles. The van der Waals surface area contributed by atoms with Crippen molar-refractivity contribution in [2.24, 2.45) is 0 Å². The van der Waals surface area contributed by atoms with Crippen molar-refractivity contribution < 1.29 is 4.39 Å². The molecule has 0 saturated carbocycles. The Morgan fingerprint density at radius 1 is 1.36 bits per heavy atom. The number of rotatable bonds is 5. The Hall–Kier alpha value is -0.610. The fourth-order valence-electron chi connectivity index (χ4n) is 1.10. The molecule has 0 aliphatic heterocycles. The summed E-state index contributed by atoms with van der Waals surface area (Å²) in [6.45, 7) is 4.53. The molecule has 0 atom stereocenters. The third-order valence-corrected chi connectivity index (χ3v) is 2.29. The molecule has 0 saturated heterocycles. The first-order valence-corrected chi connectivity index (χ1v) is 5.43. The number of benzene rings is 1. The summed E-state index contributed by atoms with van der Waals surface area (Å²) in [5.41, 5.74) is 0.539. The highest BCUT2D eigenvalue weighted by Crippen LogP contribution is 2.19. The van der Waals surface area contributed by atoms with Crippen molar-refractivity contribution in [1.29, 1.82) is 0 Å². The lowest BCUT2D eigenvalue weighted by molar-refractivity contribution is 0.628. The molecule has 1 aromatic carbocycles. The third kappa shape index (κ3) is 3.64. The molecule has 2 N–H and O–H groups in total. The summed E-state index contributed by atoms with van der Waals surface area (Å²) in [6, 6.07) is 4.87. The van der Waals surface area contributed by atoms with Crippen LogP contribution >= 0.6 is 15.9 Å². The van der Waals surface area contributed by atoms with Crippen LogP contribution in [0, 0.1) is 5.82 Å². The van der Waals surface area contributed by atoms with E-state index in [0.717, 1.165) is 24.1 Å². The Balaban J connectivity index is 2.45. The van der Waals surface area contributed by atoms with Gasteiger partial charge in [0.15, 0.2) is 0 Å². The van der Waals surface area contributed by atoms with Gasteiger partial charge in [0.25, 0.3) is 0 Å². The topological polar surface area (TPSA) is 24.1 Å². The van der Waals surface area contributed by atoms with Crippen LogP contribution in [0.15, 0.2) is 22.7 Å². The van der Waals surface area contributed by atoms with Crippen molar-refractivity contribution in [1.82, 2.24) is 5.32 Å². The van der Waals surface area contributed by atoms with Gasteiger partial charge in [0.1, 0.15) is 5.82 Å². The van der Waals surface area contributed by atoms with Crippen molar-refractivity contribution in [2.75, 3.05) is 25.0 Å². The van der Waals surface area contributed by atoms with Gasteiger partial charge in [-0.25, -0.2) is 4.39 Å². The van der Waals surface area contributed by atoms with Gasteiger partial charge in [0.05, 0.1) is 5.69 Å². The van der Waals surface area contributed by atoms with Gasteiger partial charge in [-0.05, 0) is 24.7 Å². The minimum atomic E-state index is -0.218. The lowest BCUT2D eigenvalue weighted by atomic mass is 10.3. The first kappa shape index (κ1) is 11.5. The quantitative estimate of drug-likeness (QED) is 0.796. The van der Waals surface area contributed by atoms with Gasteiger partial charge in [0, 0.05) is 17.6 Å². The minimum Gasteiger partial charge on any atom is -0.381 e. The largest absolute Gasteiger partial charge is 0.381 e. The number of likely N-dealkylation sites (N-methyl/N-ethyl adjacent to an activating group) is 1. The van der Waals surface area contributed by atoms with Crippen LogP contribution in [0.3, 0.4) is 0 Å². The van der Waals surface area contributed by atoms with Crippen molar-refractivity contribution in [3.63, 3.8) is 0 Å². The van der Waals surface area contributed by atoms with Crippen molar-refractivity contribution in [2.45, 2.75) is 6.92 Å². The van der Waals surface area contributed by atoms with Gasteiger partial charge in [-0.1, -0.05) is 22.9 Å². The maximum absolute atomic E-state index is 13.2. The lowest BCUT2D eigenvalue weighted by Crippen LogP contribution is -2.21. The molecule has 2 nitrogen and oxygen atoms in total. The van der Waals surface area contributed by atoms with Crippen molar-refractivity contribution >= 4 is 21.6 Å². The summed E-state index contributed by atoms with van der Waals surface area (Å²) in [5, 5.41) is 6.18. The lowest BCUT2D eigenvalue weighted by Gasteiger charge is -2.07. The summed E-state index contributed by atoms with van der Waals surface area (Å²) in [4.78, 5) is 0. The summed E-state index contributed by atoms with van der Waals surface area (Å²) >= 11 is 3.30. The Labute approximate surface area is 92.0 Å². The van der Waals surface area contributed by atoms with Crippen LogP contribution < -0.4 is 10.6 Å². The van der Waals surface area contributed by atoms with Crippen LogP contribution in [0.5, 0.6) is 0 Å². The van der Waals surface area contributed by atoms with E-state index in [9.17, 15) is 4.39 Å². The normalized spacial score (nSPS) is 10.2. The predicted octanol–water partition coefficient (Wildman–Crippen LogP) is 2.61. The molecular weight excluding hydrogens is 247 g/mol. The van der Waals surface area contributed by atoms with Gasteiger partial charge in [-0.3, -0.25) is 0 Å². The molecule has 0 unspecified atom stereocenters. The number of nitrogens with one attached hydrogen (secondary N) is 2. The first-order valence-electron chi connectivity index (χ1n) is 4.63. The molecule has 78 valence electrons. The molecule has 0 amide bonds. The molecule has 0 spiro atoms. The Kier molecular flexibility index (Phi) is 4.90. The second-order valence-corrected chi connectivity index (χ2v) is 3.82. The summed E-state index contributed by atoms with van der Waals surface area (Å²) < 4.78 is 14.1. The van der Waals surface area contributed by atoms with E-state index in [1.54, 1.807) is 12.1 Å². The second kappa shape index (κ2) is 5.98. The van der Waals surface area contributed by atoms with Crippen molar-refractivity contribution in [3.8, 4) is 0 Å². The predicted molar refractivity (Wildman–Crippen MR) is 61.1 cm³/mol. The van der Waals surface area contributed by atoms with E-state index in [1.807, 2.05) is 6.92 Å². The average Bonchev–Trinajstić information content (AvgIpc) is 2.18. The molecule has 0 aliphatic carbocycles. The molecule has 14 heavy (non-hydrogen) atoms. The summed E-state index contributed by atoms with van der Waals surface area (Å²) in [7, 11) is 0. The van der Waals surface area contributed by atoms with Crippen molar-refractivity contribution in [3.05, 3.63) is 28.5 Å². The maximum atomic E-state index is 13.2. The first-order chi connectivity index (χ1) is 6.74. The van der Waals surface area contributed by atoms with Gasteiger partial charge >= 0.3 is 0 Å². The maximum Gasteiger partial charge on any atom is 0.146 e. The second-order valence-electron chi connectivity index (χ2n) is 2.90. The number of hydrogen-bond acceptors (Lipinski definition) is 2. The molecule has 4 heteroatoms. The van der Waals surface area contributed by atoms with Crippen LogP contribution in [0.1, 0.15) is 6.92 Å². The van der Waals surface area contributed by atoms with E-state index in [-0.39, 0.29) is 5.82 Å². The SMILES string of the molecule is CCNCCNc1cc(Br)ccc1F. The zero-order chi connectivity index (χ0) is 10.4. The number of anilines is 1. The van der Waals surface area contributed by atoms with E-state index < -0.39 is 0 Å². The Morgan fingerprint density at radius 2 is 2.14 bits per heavy atom. The molecular formula is C10H14BrFN2. The molecule has 0 fully saturated rings. The minimum absolute atomic E-state index is 0.218. The molecule has 0 heterocycles.